The van der Waals surface area contributed by atoms with Gasteiger partial charge in [-0.05, 0) is 68.8 Å². The highest BCUT2D eigenvalue weighted by molar-refractivity contribution is 6.02. The molecule has 32 heavy (non-hydrogen) atoms. The molecule has 4 heteroatoms. The van der Waals surface area contributed by atoms with Crippen molar-refractivity contribution in [3.8, 4) is 0 Å². The Hall–Kier alpha value is -2.46. The van der Waals surface area contributed by atoms with E-state index in [1.807, 2.05) is 47.7 Å². The quantitative estimate of drug-likeness (QED) is 0.250. The van der Waals surface area contributed by atoms with Crippen LogP contribution in [0.2, 0.25) is 0 Å². The molecule has 180 valence electrons. The number of amides is 1. The van der Waals surface area contributed by atoms with Gasteiger partial charge in [-0.3, -0.25) is 9.79 Å². The van der Waals surface area contributed by atoms with Crippen molar-refractivity contribution in [3.63, 3.8) is 0 Å². The van der Waals surface area contributed by atoms with Gasteiger partial charge in [-0.15, -0.1) is 0 Å². The molecule has 1 N–H and O–H groups in total. The summed E-state index contributed by atoms with van der Waals surface area (Å²) >= 11 is 0. The molecule has 1 aromatic rings. The molecule has 1 aromatic carbocycles. The average molecular weight is 442 g/mol. The van der Waals surface area contributed by atoms with Gasteiger partial charge in [0.2, 0.25) is 5.91 Å². The number of rotatable bonds is 10. The standard InChI is InChI=1S/C19H26N2.C7H15NO.C2H6/c1-7-9-19(16(3)20-4)12-15(2)18-11-8-10-17(13-18)14-21(5)6;1-3-5-6-8-7(9)4-2;1-2/h7-13H,2,14H2,1,3-6H3;3-6H2,1-2H3,(H,8,9);1-2H3/b9-7-,19-12+,20-16?;;. The summed E-state index contributed by atoms with van der Waals surface area (Å²) in [7, 11) is 5.96. The highest BCUT2D eigenvalue weighted by atomic mass is 16.1. The van der Waals surface area contributed by atoms with Crippen molar-refractivity contribution in [3.05, 3.63) is 65.8 Å². The SMILES string of the molecule is C=C(/C=C(\C=C/C)C(C)=NC)c1cccc(CN(C)C)c1.CC.CCCCNC(=O)CC. The molecule has 4 nitrogen and oxygen atoms in total. The maximum Gasteiger partial charge on any atom is 0.219 e. The fraction of sp³-hybridized carbons (Fsp3) is 0.500. The zero-order chi connectivity index (χ0) is 24.9. The van der Waals surface area contributed by atoms with Gasteiger partial charge in [0, 0.05) is 32.3 Å². The van der Waals surface area contributed by atoms with Gasteiger partial charge >= 0.3 is 0 Å². The lowest BCUT2D eigenvalue weighted by molar-refractivity contribution is -0.120. The van der Waals surface area contributed by atoms with Crippen molar-refractivity contribution in [2.75, 3.05) is 27.7 Å². The molecular formula is C28H47N3O. The van der Waals surface area contributed by atoms with E-state index in [2.05, 4.69) is 79.2 Å². The van der Waals surface area contributed by atoms with E-state index in [1.54, 1.807) is 0 Å². The summed E-state index contributed by atoms with van der Waals surface area (Å²) in [6.07, 6.45) is 9.02. The fourth-order valence-electron chi connectivity index (χ4n) is 2.62. The minimum absolute atomic E-state index is 0.156. The van der Waals surface area contributed by atoms with Gasteiger partial charge in [-0.25, -0.2) is 0 Å². The first kappa shape index (κ1) is 31.7. The first-order chi connectivity index (χ1) is 15.3. The van der Waals surface area contributed by atoms with Crippen LogP contribution in [0.25, 0.3) is 5.57 Å². The van der Waals surface area contributed by atoms with Crippen LogP contribution in [0.4, 0.5) is 0 Å². The van der Waals surface area contributed by atoms with Crippen molar-refractivity contribution in [2.24, 2.45) is 4.99 Å². The smallest absolute Gasteiger partial charge is 0.219 e. The Bertz CT molecular complexity index is 743. The van der Waals surface area contributed by atoms with Crippen LogP contribution < -0.4 is 5.32 Å². The van der Waals surface area contributed by atoms with Crippen LogP contribution in [0, 0.1) is 0 Å². The number of aliphatic imine (C=N–C) groups is 1. The Morgan fingerprint density at radius 2 is 1.88 bits per heavy atom. The topological polar surface area (TPSA) is 44.7 Å². The zero-order valence-corrected chi connectivity index (χ0v) is 22.1. The molecule has 0 saturated heterocycles. The molecular weight excluding hydrogens is 394 g/mol. The maximum absolute atomic E-state index is 10.6. The van der Waals surface area contributed by atoms with E-state index in [0.717, 1.165) is 48.4 Å². The van der Waals surface area contributed by atoms with Gasteiger partial charge in [0.25, 0.3) is 0 Å². The molecule has 1 rings (SSSR count). The summed E-state index contributed by atoms with van der Waals surface area (Å²) in [5, 5.41) is 2.79. The van der Waals surface area contributed by atoms with E-state index < -0.39 is 0 Å². The second kappa shape index (κ2) is 20.4. The van der Waals surface area contributed by atoms with E-state index in [-0.39, 0.29) is 5.91 Å². The van der Waals surface area contributed by atoms with E-state index >= 15 is 0 Å². The van der Waals surface area contributed by atoms with Crippen LogP contribution in [-0.4, -0.2) is 44.2 Å². The minimum atomic E-state index is 0.156. The van der Waals surface area contributed by atoms with Gasteiger partial charge in [-0.1, -0.05) is 71.0 Å². The summed E-state index contributed by atoms with van der Waals surface area (Å²) < 4.78 is 0. The number of hydrogen-bond acceptors (Lipinski definition) is 3. The molecule has 0 fully saturated rings. The molecule has 0 bridgehead atoms. The predicted octanol–water partition coefficient (Wildman–Crippen LogP) is 6.69. The zero-order valence-electron chi connectivity index (χ0n) is 22.1. The van der Waals surface area contributed by atoms with Crippen LogP contribution >= 0.6 is 0 Å². The number of nitrogens with one attached hydrogen (secondary N) is 1. The predicted molar refractivity (Wildman–Crippen MR) is 144 cm³/mol. The van der Waals surface area contributed by atoms with Crippen molar-refractivity contribution in [1.82, 2.24) is 10.2 Å². The number of carbonyl (C=O) groups excluding carboxylic acids is 1. The van der Waals surface area contributed by atoms with Crippen LogP contribution in [0.3, 0.4) is 0 Å². The molecule has 0 aliphatic rings. The molecule has 0 aliphatic heterocycles. The van der Waals surface area contributed by atoms with Crippen LogP contribution in [0.5, 0.6) is 0 Å². The molecule has 0 aliphatic carbocycles. The highest BCUT2D eigenvalue weighted by Crippen LogP contribution is 2.19. The number of allylic oxidation sites excluding steroid dienone is 5. The third kappa shape index (κ3) is 15.4. The highest BCUT2D eigenvalue weighted by Gasteiger charge is 2.03. The Labute approximate surface area is 198 Å². The molecule has 0 unspecified atom stereocenters. The van der Waals surface area contributed by atoms with Gasteiger partial charge < -0.3 is 10.2 Å². The normalized spacial score (nSPS) is 11.4. The van der Waals surface area contributed by atoms with Crippen molar-refractivity contribution < 1.29 is 4.79 Å². The second-order valence-corrected chi connectivity index (χ2v) is 7.43. The number of unbranched alkanes of at least 4 members (excludes halogenated alkanes) is 1. The van der Waals surface area contributed by atoms with Gasteiger partial charge in [0.15, 0.2) is 0 Å². The lowest BCUT2D eigenvalue weighted by Gasteiger charge is -2.11. The Kier molecular flexibility index (Phi) is 20.3. The van der Waals surface area contributed by atoms with Crippen LogP contribution in [0.1, 0.15) is 71.9 Å². The Morgan fingerprint density at radius 3 is 2.38 bits per heavy atom. The molecule has 0 heterocycles. The third-order valence-electron chi connectivity index (χ3n) is 4.40. The van der Waals surface area contributed by atoms with Crippen molar-refractivity contribution in [1.29, 1.82) is 0 Å². The fourth-order valence-corrected chi connectivity index (χ4v) is 2.62. The first-order valence-corrected chi connectivity index (χ1v) is 11.8. The average Bonchev–Trinajstić information content (AvgIpc) is 2.79. The molecule has 0 aromatic heterocycles. The molecule has 0 saturated carbocycles. The summed E-state index contributed by atoms with van der Waals surface area (Å²) in [6, 6.07) is 8.53. The number of carbonyl (C=O) groups is 1. The number of benzene rings is 1. The second-order valence-electron chi connectivity index (χ2n) is 7.43. The first-order valence-electron chi connectivity index (χ1n) is 11.8. The monoisotopic (exact) mass is 441 g/mol. The van der Waals surface area contributed by atoms with E-state index in [0.29, 0.717) is 6.42 Å². The summed E-state index contributed by atoms with van der Waals surface area (Å²) in [4.78, 5) is 17.0. The lowest BCUT2D eigenvalue weighted by Crippen LogP contribution is -2.22. The Morgan fingerprint density at radius 1 is 1.22 bits per heavy atom. The van der Waals surface area contributed by atoms with E-state index in [9.17, 15) is 4.79 Å². The summed E-state index contributed by atoms with van der Waals surface area (Å²) in [6.45, 7) is 18.0. The summed E-state index contributed by atoms with van der Waals surface area (Å²) in [5.41, 5.74) is 5.56. The van der Waals surface area contributed by atoms with Crippen molar-refractivity contribution in [2.45, 2.75) is 67.3 Å². The molecule has 0 atom stereocenters. The Balaban J connectivity index is 0. The maximum atomic E-state index is 10.6. The molecule has 1 amide bonds. The summed E-state index contributed by atoms with van der Waals surface area (Å²) in [5.74, 6) is 0.156. The van der Waals surface area contributed by atoms with Crippen LogP contribution in [0.15, 0.2) is 59.6 Å². The van der Waals surface area contributed by atoms with Gasteiger partial charge in [0.05, 0.1) is 0 Å². The molecule has 0 radical (unpaired) electrons. The van der Waals surface area contributed by atoms with E-state index in [4.69, 9.17) is 0 Å². The van der Waals surface area contributed by atoms with Gasteiger partial charge in [-0.2, -0.15) is 0 Å². The third-order valence-corrected chi connectivity index (χ3v) is 4.40. The van der Waals surface area contributed by atoms with Gasteiger partial charge in [0.1, 0.15) is 0 Å². The minimum Gasteiger partial charge on any atom is -0.356 e. The van der Waals surface area contributed by atoms with E-state index in [1.165, 1.54) is 5.56 Å². The number of nitrogens with zero attached hydrogens (tertiary/aromatic N) is 2. The largest absolute Gasteiger partial charge is 0.356 e. The molecule has 0 spiro atoms. The lowest BCUT2D eigenvalue weighted by atomic mass is 10.0. The number of hydrogen-bond donors (Lipinski definition) is 1. The van der Waals surface area contributed by atoms with Crippen LogP contribution in [-0.2, 0) is 11.3 Å². The van der Waals surface area contributed by atoms with Crippen molar-refractivity contribution >= 4 is 17.2 Å².